The van der Waals surface area contributed by atoms with Crippen LogP contribution in [0, 0.1) is 5.92 Å². The van der Waals surface area contributed by atoms with E-state index < -0.39 is 6.10 Å². The molecule has 0 saturated heterocycles. The first-order valence-electron chi connectivity index (χ1n) is 7.97. The molecule has 1 saturated carbocycles. The van der Waals surface area contributed by atoms with Crippen LogP contribution in [0.3, 0.4) is 0 Å². The standard InChI is InChI=1S/C17H20ClN3O3/c18-13-2-1-3-14(8-13)21-7-6-16(20-21)17(23)19-9-15(22)11-24-10-12-4-5-12/h1-3,6-8,12,15,22H,4-5,9-11H2,(H,19,23)/t15-/m0/s1. The van der Waals surface area contributed by atoms with E-state index in [1.54, 1.807) is 29.1 Å². The summed E-state index contributed by atoms with van der Waals surface area (Å²) in [6.45, 7) is 1.05. The van der Waals surface area contributed by atoms with Gasteiger partial charge in [-0.3, -0.25) is 4.79 Å². The number of amides is 1. The van der Waals surface area contributed by atoms with Gasteiger partial charge in [-0.05, 0) is 43.0 Å². The predicted octanol–water partition coefficient (Wildman–Crippen LogP) is 2.04. The number of hydrogen-bond donors (Lipinski definition) is 2. The summed E-state index contributed by atoms with van der Waals surface area (Å²) in [5.41, 5.74) is 1.05. The van der Waals surface area contributed by atoms with Gasteiger partial charge in [0, 0.05) is 24.4 Å². The molecule has 7 heteroatoms. The Balaban J connectivity index is 1.48. The molecule has 1 aromatic heterocycles. The van der Waals surface area contributed by atoms with E-state index in [1.807, 2.05) is 12.1 Å². The molecule has 1 aromatic carbocycles. The minimum absolute atomic E-state index is 0.132. The second-order valence-electron chi connectivity index (χ2n) is 5.97. The summed E-state index contributed by atoms with van der Waals surface area (Å²) in [6, 6.07) is 8.82. The lowest BCUT2D eigenvalue weighted by Crippen LogP contribution is -2.35. The third-order valence-corrected chi connectivity index (χ3v) is 3.99. The van der Waals surface area contributed by atoms with Gasteiger partial charge in [0.25, 0.3) is 5.91 Å². The van der Waals surface area contributed by atoms with Gasteiger partial charge in [-0.1, -0.05) is 17.7 Å². The number of aromatic nitrogens is 2. The van der Waals surface area contributed by atoms with E-state index in [2.05, 4.69) is 10.4 Å². The number of rotatable bonds is 8. The summed E-state index contributed by atoms with van der Waals surface area (Å²) in [4.78, 5) is 12.1. The molecule has 0 unspecified atom stereocenters. The average Bonchev–Trinajstić information content (AvgIpc) is 3.25. The normalized spacial score (nSPS) is 15.2. The number of hydrogen-bond acceptors (Lipinski definition) is 4. The Bertz CT molecular complexity index is 700. The van der Waals surface area contributed by atoms with Gasteiger partial charge in [0.2, 0.25) is 0 Å². The van der Waals surface area contributed by atoms with Crippen molar-refractivity contribution >= 4 is 17.5 Å². The van der Waals surface area contributed by atoms with E-state index in [-0.39, 0.29) is 24.8 Å². The van der Waals surface area contributed by atoms with E-state index in [0.29, 0.717) is 17.5 Å². The molecule has 1 amide bonds. The van der Waals surface area contributed by atoms with E-state index in [4.69, 9.17) is 16.3 Å². The number of carbonyl (C=O) groups excluding carboxylic acids is 1. The van der Waals surface area contributed by atoms with Crippen LogP contribution in [-0.4, -0.2) is 46.7 Å². The van der Waals surface area contributed by atoms with Crippen LogP contribution in [0.4, 0.5) is 0 Å². The Morgan fingerprint density at radius 3 is 3.04 bits per heavy atom. The van der Waals surface area contributed by atoms with Gasteiger partial charge < -0.3 is 15.2 Å². The molecule has 0 spiro atoms. The minimum Gasteiger partial charge on any atom is -0.389 e. The van der Waals surface area contributed by atoms with E-state index in [1.165, 1.54) is 12.8 Å². The lowest BCUT2D eigenvalue weighted by Gasteiger charge is -2.11. The summed E-state index contributed by atoms with van der Waals surface area (Å²) in [5.74, 6) is 0.319. The number of aliphatic hydroxyl groups excluding tert-OH is 1. The van der Waals surface area contributed by atoms with Gasteiger partial charge in [-0.2, -0.15) is 5.10 Å². The zero-order valence-corrected chi connectivity index (χ0v) is 13.9. The van der Waals surface area contributed by atoms with Crippen molar-refractivity contribution in [2.24, 2.45) is 5.92 Å². The van der Waals surface area contributed by atoms with Crippen molar-refractivity contribution in [3.05, 3.63) is 47.2 Å². The molecular formula is C17H20ClN3O3. The third-order valence-electron chi connectivity index (χ3n) is 3.75. The first-order valence-corrected chi connectivity index (χ1v) is 8.35. The third kappa shape index (κ3) is 4.80. The summed E-state index contributed by atoms with van der Waals surface area (Å²) in [6.07, 6.45) is 3.39. The van der Waals surface area contributed by atoms with Gasteiger partial charge in [0.05, 0.1) is 18.4 Å². The van der Waals surface area contributed by atoms with Crippen molar-refractivity contribution in [3.8, 4) is 5.69 Å². The van der Waals surface area contributed by atoms with Crippen molar-refractivity contribution in [2.75, 3.05) is 19.8 Å². The number of ether oxygens (including phenoxy) is 1. The first-order chi connectivity index (χ1) is 11.6. The zero-order chi connectivity index (χ0) is 16.9. The fraction of sp³-hybridized carbons (Fsp3) is 0.412. The van der Waals surface area contributed by atoms with Crippen molar-refractivity contribution in [3.63, 3.8) is 0 Å². The number of aliphatic hydroxyl groups is 1. The zero-order valence-electron chi connectivity index (χ0n) is 13.2. The molecule has 1 heterocycles. The van der Waals surface area contributed by atoms with Crippen LogP contribution in [0.1, 0.15) is 23.3 Å². The highest BCUT2D eigenvalue weighted by Crippen LogP contribution is 2.28. The van der Waals surface area contributed by atoms with Gasteiger partial charge in [0.15, 0.2) is 5.69 Å². The molecule has 3 rings (SSSR count). The molecule has 0 radical (unpaired) electrons. The summed E-state index contributed by atoms with van der Waals surface area (Å²) in [5, 5.41) is 17.3. The molecule has 2 N–H and O–H groups in total. The summed E-state index contributed by atoms with van der Waals surface area (Å²) >= 11 is 5.95. The van der Waals surface area contributed by atoms with Gasteiger partial charge in [-0.25, -0.2) is 4.68 Å². The highest BCUT2D eigenvalue weighted by molar-refractivity contribution is 6.30. The maximum Gasteiger partial charge on any atom is 0.271 e. The number of nitrogens with one attached hydrogen (secondary N) is 1. The van der Waals surface area contributed by atoms with E-state index in [0.717, 1.165) is 5.69 Å². The van der Waals surface area contributed by atoms with Crippen molar-refractivity contribution in [1.29, 1.82) is 0 Å². The Labute approximate surface area is 145 Å². The summed E-state index contributed by atoms with van der Waals surface area (Å²) in [7, 11) is 0. The Morgan fingerprint density at radius 2 is 2.29 bits per heavy atom. The number of benzene rings is 1. The molecule has 128 valence electrons. The maximum atomic E-state index is 12.1. The molecule has 1 aliphatic rings. The second-order valence-corrected chi connectivity index (χ2v) is 6.41. The average molecular weight is 350 g/mol. The van der Waals surface area contributed by atoms with Gasteiger partial charge in [-0.15, -0.1) is 0 Å². The topological polar surface area (TPSA) is 76.4 Å². The van der Waals surface area contributed by atoms with Crippen molar-refractivity contribution in [1.82, 2.24) is 15.1 Å². The molecule has 6 nitrogen and oxygen atoms in total. The van der Waals surface area contributed by atoms with Crippen LogP contribution in [0.5, 0.6) is 0 Å². The Hall–Kier alpha value is -1.89. The lowest BCUT2D eigenvalue weighted by molar-refractivity contribution is 0.0320. The Morgan fingerprint density at radius 1 is 1.46 bits per heavy atom. The minimum atomic E-state index is -0.720. The van der Waals surface area contributed by atoms with Crippen LogP contribution in [0.2, 0.25) is 5.02 Å². The monoisotopic (exact) mass is 349 g/mol. The van der Waals surface area contributed by atoms with Crippen LogP contribution in [0.15, 0.2) is 36.5 Å². The molecule has 2 aromatic rings. The molecular weight excluding hydrogens is 330 g/mol. The highest BCUT2D eigenvalue weighted by atomic mass is 35.5. The first kappa shape index (κ1) is 17.0. The van der Waals surface area contributed by atoms with Crippen molar-refractivity contribution < 1.29 is 14.6 Å². The number of carbonyl (C=O) groups is 1. The lowest BCUT2D eigenvalue weighted by atomic mass is 10.3. The quantitative estimate of drug-likeness (QED) is 0.764. The molecule has 1 fully saturated rings. The fourth-order valence-corrected chi connectivity index (χ4v) is 2.41. The van der Waals surface area contributed by atoms with Crippen LogP contribution in [-0.2, 0) is 4.74 Å². The second kappa shape index (κ2) is 7.79. The molecule has 0 bridgehead atoms. The van der Waals surface area contributed by atoms with E-state index >= 15 is 0 Å². The van der Waals surface area contributed by atoms with E-state index in [9.17, 15) is 9.90 Å². The van der Waals surface area contributed by atoms with Crippen LogP contribution >= 0.6 is 11.6 Å². The predicted molar refractivity (Wildman–Crippen MR) is 90.5 cm³/mol. The molecule has 24 heavy (non-hydrogen) atoms. The van der Waals surface area contributed by atoms with Gasteiger partial charge in [0.1, 0.15) is 0 Å². The molecule has 1 aliphatic carbocycles. The number of nitrogens with zero attached hydrogens (tertiary/aromatic N) is 2. The van der Waals surface area contributed by atoms with Crippen LogP contribution < -0.4 is 5.32 Å². The largest absolute Gasteiger partial charge is 0.389 e. The SMILES string of the molecule is O=C(NC[C@H](O)COCC1CC1)c1ccn(-c2cccc(Cl)c2)n1. The smallest absolute Gasteiger partial charge is 0.271 e. The fourth-order valence-electron chi connectivity index (χ4n) is 2.22. The molecule has 1 atom stereocenters. The van der Waals surface area contributed by atoms with Crippen molar-refractivity contribution in [2.45, 2.75) is 18.9 Å². The highest BCUT2D eigenvalue weighted by Gasteiger charge is 2.21. The number of halogens is 1. The summed E-state index contributed by atoms with van der Waals surface area (Å²) < 4.78 is 6.98. The Kier molecular flexibility index (Phi) is 5.50. The van der Waals surface area contributed by atoms with Crippen LogP contribution in [0.25, 0.3) is 5.69 Å². The maximum absolute atomic E-state index is 12.1. The molecule has 0 aliphatic heterocycles. The van der Waals surface area contributed by atoms with Gasteiger partial charge >= 0.3 is 0 Å².